The largest absolute Gasteiger partial charge is 0.324 e. The Bertz CT molecular complexity index is 599. The molecule has 0 bridgehead atoms. The van der Waals surface area contributed by atoms with E-state index in [0.29, 0.717) is 12.8 Å². The number of para-hydroxylation sites is 1. The third-order valence-corrected chi connectivity index (χ3v) is 5.19. The Morgan fingerprint density at radius 3 is 2.35 bits per heavy atom. The number of nitrogens with zero attached hydrogens (tertiary/aromatic N) is 2. The average Bonchev–Trinajstić information content (AvgIpc) is 2.39. The highest BCUT2D eigenvalue weighted by Crippen LogP contribution is 2.30. The van der Waals surface area contributed by atoms with Gasteiger partial charge < -0.3 is 0 Å². The zero-order valence-corrected chi connectivity index (χ0v) is 12.4. The van der Waals surface area contributed by atoms with Crippen molar-refractivity contribution in [1.29, 1.82) is 0 Å². The smallest absolute Gasteiger partial charge is 0.258 e. The molecule has 1 aromatic carbocycles. The molecule has 1 rings (SSSR count). The lowest BCUT2D eigenvalue weighted by Crippen LogP contribution is -2.36. The van der Waals surface area contributed by atoms with Crippen LogP contribution in [0.2, 0.25) is 0 Å². The second kappa shape index (κ2) is 6.27. The van der Waals surface area contributed by atoms with Crippen LogP contribution in [0.25, 0.3) is 0 Å². The van der Waals surface area contributed by atoms with Crippen molar-refractivity contribution in [2.45, 2.75) is 37.6 Å². The van der Waals surface area contributed by atoms with Crippen LogP contribution in [0.5, 0.6) is 0 Å². The Morgan fingerprint density at radius 2 is 1.90 bits per heavy atom. The van der Waals surface area contributed by atoms with Gasteiger partial charge in [0, 0.05) is 13.1 Å². The maximum absolute atomic E-state index is 13.5. The highest BCUT2D eigenvalue weighted by molar-refractivity contribution is 7.89. The molecule has 1 aromatic rings. The van der Waals surface area contributed by atoms with Crippen LogP contribution < -0.4 is 0 Å². The molecule has 0 amide bonds. The first-order chi connectivity index (χ1) is 9.27. The van der Waals surface area contributed by atoms with Crippen molar-refractivity contribution in [2.24, 2.45) is 0 Å². The number of hydrogen-bond donors (Lipinski definition) is 0. The van der Waals surface area contributed by atoms with Crippen LogP contribution in [0, 0.1) is 15.9 Å². The molecule has 0 aromatic heterocycles. The van der Waals surface area contributed by atoms with Crippen LogP contribution in [0.4, 0.5) is 10.1 Å². The Labute approximate surface area is 117 Å². The summed E-state index contributed by atoms with van der Waals surface area (Å²) >= 11 is 0. The predicted octanol–water partition coefficient (Wildman–Crippen LogP) is 2.54. The molecule has 8 heteroatoms. The number of hydrogen-bond acceptors (Lipinski definition) is 4. The van der Waals surface area contributed by atoms with Crippen LogP contribution in [-0.2, 0) is 10.0 Å². The van der Waals surface area contributed by atoms with E-state index in [-0.39, 0.29) is 6.04 Å². The number of nitro groups is 1. The van der Waals surface area contributed by atoms with E-state index in [0.717, 1.165) is 22.5 Å². The van der Waals surface area contributed by atoms with Crippen molar-refractivity contribution in [2.75, 3.05) is 7.05 Å². The molecule has 0 aliphatic heterocycles. The van der Waals surface area contributed by atoms with Gasteiger partial charge in [-0.05, 0) is 25.0 Å². The minimum Gasteiger partial charge on any atom is -0.258 e. The Kier molecular flexibility index (Phi) is 5.18. The predicted molar refractivity (Wildman–Crippen MR) is 72.4 cm³/mol. The van der Waals surface area contributed by atoms with Crippen LogP contribution in [-0.4, -0.2) is 30.7 Å². The van der Waals surface area contributed by atoms with Gasteiger partial charge >= 0.3 is 5.69 Å². The fraction of sp³-hybridized carbons (Fsp3) is 0.500. The second-order valence-corrected chi connectivity index (χ2v) is 6.30. The Morgan fingerprint density at radius 1 is 1.35 bits per heavy atom. The van der Waals surface area contributed by atoms with Crippen LogP contribution in [0.15, 0.2) is 23.1 Å². The first kappa shape index (κ1) is 16.5. The van der Waals surface area contributed by atoms with Crippen molar-refractivity contribution in [3.8, 4) is 0 Å². The molecule has 0 saturated heterocycles. The van der Waals surface area contributed by atoms with Gasteiger partial charge in [-0.3, -0.25) is 10.1 Å². The normalized spacial score (nSPS) is 12.1. The fourth-order valence-electron chi connectivity index (χ4n) is 2.04. The summed E-state index contributed by atoms with van der Waals surface area (Å²) in [4.78, 5) is 9.28. The van der Waals surface area contributed by atoms with E-state index in [1.165, 1.54) is 7.05 Å². The van der Waals surface area contributed by atoms with Crippen molar-refractivity contribution < 1.29 is 17.7 Å². The summed E-state index contributed by atoms with van der Waals surface area (Å²) in [5.41, 5.74) is -1.01. The molecule has 6 nitrogen and oxygen atoms in total. The zero-order chi connectivity index (χ0) is 15.5. The Hall–Kier alpha value is -1.54. The molecule has 0 aliphatic carbocycles. The summed E-state index contributed by atoms with van der Waals surface area (Å²) in [6.07, 6.45) is 1.13. The number of sulfonamides is 1. The maximum atomic E-state index is 13.5. The van der Waals surface area contributed by atoms with Crippen molar-refractivity contribution in [3.63, 3.8) is 0 Å². The third kappa shape index (κ3) is 2.96. The van der Waals surface area contributed by atoms with E-state index >= 15 is 0 Å². The van der Waals surface area contributed by atoms with Crippen LogP contribution in [0.1, 0.15) is 26.7 Å². The van der Waals surface area contributed by atoms with E-state index in [1.807, 2.05) is 13.8 Å². The minimum absolute atomic E-state index is 0.289. The molecule has 0 unspecified atom stereocenters. The molecule has 0 spiro atoms. The summed E-state index contributed by atoms with van der Waals surface area (Å²) in [6, 6.07) is 2.78. The van der Waals surface area contributed by atoms with E-state index in [2.05, 4.69) is 0 Å². The summed E-state index contributed by atoms with van der Waals surface area (Å²) in [7, 11) is -2.76. The highest BCUT2D eigenvalue weighted by Gasteiger charge is 2.34. The molecule has 112 valence electrons. The monoisotopic (exact) mass is 304 g/mol. The molecule has 0 N–H and O–H groups in total. The molecule has 0 radical (unpaired) electrons. The lowest BCUT2D eigenvalue weighted by atomic mass is 10.2. The van der Waals surface area contributed by atoms with Crippen molar-refractivity contribution in [1.82, 2.24) is 4.31 Å². The van der Waals surface area contributed by atoms with E-state index < -0.39 is 31.3 Å². The molecule has 0 atom stereocenters. The summed E-state index contributed by atoms with van der Waals surface area (Å²) in [6.45, 7) is 3.64. The molecular weight excluding hydrogens is 287 g/mol. The zero-order valence-electron chi connectivity index (χ0n) is 11.5. The van der Waals surface area contributed by atoms with E-state index in [1.54, 1.807) is 0 Å². The number of halogens is 1. The van der Waals surface area contributed by atoms with Gasteiger partial charge in [-0.1, -0.05) is 19.9 Å². The summed E-state index contributed by atoms with van der Waals surface area (Å²) in [5, 5.41) is 10.9. The fourth-order valence-corrected chi connectivity index (χ4v) is 3.70. The lowest BCUT2D eigenvalue weighted by Gasteiger charge is -2.25. The first-order valence-electron chi connectivity index (χ1n) is 6.18. The number of benzene rings is 1. The van der Waals surface area contributed by atoms with Gasteiger partial charge in [-0.25, -0.2) is 8.42 Å². The van der Waals surface area contributed by atoms with Gasteiger partial charge in [0.2, 0.25) is 15.8 Å². The van der Waals surface area contributed by atoms with Gasteiger partial charge in [-0.2, -0.15) is 8.70 Å². The number of nitro benzene ring substituents is 1. The SMILES string of the molecule is CCC(CC)N(C)S(=O)(=O)c1cccc(F)c1[N+](=O)[O-]. The quantitative estimate of drug-likeness (QED) is 0.597. The second-order valence-electron chi connectivity index (χ2n) is 4.34. The maximum Gasteiger partial charge on any atom is 0.324 e. The topological polar surface area (TPSA) is 80.5 Å². The molecule has 0 saturated carbocycles. The first-order valence-corrected chi connectivity index (χ1v) is 7.62. The molecule has 0 aliphatic rings. The van der Waals surface area contributed by atoms with Gasteiger partial charge in [-0.15, -0.1) is 0 Å². The van der Waals surface area contributed by atoms with Crippen molar-refractivity contribution in [3.05, 3.63) is 34.1 Å². The van der Waals surface area contributed by atoms with E-state index in [4.69, 9.17) is 0 Å². The summed E-state index contributed by atoms with van der Waals surface area (Å²) < 4.78 is 39.4. The number of rotatable bonds is 6. The molecular formula is C12H17FN2O4S. The third-order valence-electron chi connectivity index (χ3n) is 3.25. The molecule has 0 fully saturated rings. The van der Waals surface area contributed by atoms with Crippen molar-refractivity contribution >= 4 is 15.7 Å². The lowest BCUT2D eigenvalue weighted by molar-refractivity contribution is -0.390. The van der Waals surface area contributed by atoms with Crippen LogP contribution >= 0.6 is 0 Å². The molecule has 0 heterocycles. The van der Waals surface area contributed by atoms with Gasteiger partial charge in [0.15, 0.2) is 4.90 Å². The minimum atomic E-state index is -4.11. The van der Waals surface area contributed by atoms with Crippen LogP contribution in [0.3, 0.4) is 0 Å². The Balaban J connectivity index is 3.44. The van der Waals surface area contributed by atoms with Gasteiger partial charge in [0.05, 0.1) is 4.92 Å². The van der Waals surface area contributed by atoms with Gasteiger partial charge in [0.25, 0.3) is 0 Å². The highest BCUT2D eigenvalue weighted by atomic mass is 32.2. The average molecular weight is 304 g/mol. The van der Waals surface area contributed by atoms with E-state index in [9.17, 15) is 22.9 Å². The standard InChI is InChI=1S/C12H17FN2O4S/c1-4-9(5-2)14(3)20(18,19)11-8-6-7-10(13)12(11)15(16)17/h6-9H,4-5H2,1-3H3. The summed E-state index contributed by atoms with van der Waals surface area (Å²) in [5.74, 6) is -1.16. The van der Waals surface area contributed by atoms with Gasteiger partial charge in [0.1, 0.15) is 0 Å². The molecule has 20 heavy (non-hydrogen) atoms.